The van der Waals surface area contributed by atoms with Crippen LogP contribution in [0.25, 0.3) is 0 Å². The summed E-state index contributed by atoms with van der Waals surface area (Å²) in [5.41, 5.74) is -0.997. The molecule has 2 aromatic carbocycles. The van der Waals surface area contributed by atoms with Crippen LogP contribution in [0, 0.1) is 0 Å². The molecule has 0 saturated carbocycles. The molecule has 0 fully saturated rings. The van der Waals surface area contributed by atoms with Crippen LogP contribution in [0.1, 0.15) is 38.3 Å². The van der Waals surface area contributed by atoms with Gasteiger partial charge >= 0.3 is 7.60 Å². The molecule has 4 nitrogen and oxygen atoms in total. The van der Waals surface area contributed by atoms with Gasteiger partial charge in [0.1, 0.15) is 11.3 Å². The summed E-state index contributed by atoms with van der Waals surface area (Å²) >= 11 is 0. The van der Waals surface area contributed by atoms with Crippen molar-refractivity contribution in [3.63, 3.8) is 0 Å². The van der Waals surface area contributed by atoms with Crippen molar-refractivity contribution in [1.82, 2.24) is 0 Å². The standard InChI is InChI=1S/C22H29O4P/c1-4-7-18-21(27(24,25-5-2)26-6-3)22(23,19-14-10-8-11-15-19)20-16-12-9-13-17-20/h4,7-17,21,23H,5-6,18H2,1-3H3/b7-4-. The Labute approximate surface area is 162 Å². The first kappa shape index (κ1) is 21.6. The van der Waals surface area contributed by atoms with E-state index in [4.69, 9.17) is 9.05 Å². The number of hydrogen-bond acceptors (Lipinski definition) is 4. The Balaban J connectivity index is 2.72. The number of rotatable bonds is 10. The van der Waals surface area contributed by atoms with Gasteiger partial charge in [0.05, 0.1) is 13.2 Å². The van der Waals surface area contributed by atoms with Crippen molar-refractivity contribution in [2.24, 2.45) is 0 Å². The number of benzene rings is 2. The minimum atomic E-state index is -3.61. The molecule has 1 atom stereocenters. The molecule has 0 amide bonds. The lowest BCUT2D eigenvalue weighted by molar-refractivity contribution is 0.0602. The van der Waals surface area contributed by atoms with Crippen LogP contribution in [0.4, 0.5) is 0 Å². The number of aliphatic hydroxyl groups is 1. The molecule has 0 aliphatic carbocycles. The van der Waals surface area contributed by atoms with Gasteiger partial charge in [0.2, 0.25) is 0 Å². The SMILES string of the molecule is C/C=C\CC(C(O)(c1ccccc1)c1ccccc1)P(=O)(OCC)OCC. The summed E-state index contributed by atoms with van der Waals surface area (Å²) in [5.74, 6) is 0. The second-order valence-electron chi connectivity index (χ2n) is 6.19. The fourth-order valence-electron chi connectivity index (χ4n) is 3.31. The third kappa shape index (κ3) is 4.77. The summed E-state index contributed by atoms with van der Waals surface area (Å²) in [6, 6.07) is 18.6. The van der Waals surface area contributed by atoms with Crippen molar-refractivity contribution in [3.05, 3.63) is 83.9 Å². The highest BCUT2D eigenvalue weighted by Crippen LogP contribution is 2.61. The van der Waals surface area contributed by atoms with E-state index >= 15 is 0 Å². The molecule has 1 N–H and O–H groups in total. The summed E-state index contributed by atoms with van der Waals surface area (Å²) in [7, 11) is -3.61. The van der Waals surface area contributed by atoms with Gasteiger partial charge in [-0.3, -0.25) is 4.57 Å². The average Bonchev–Trinajstić information content (AvgIpc) is 2.69. The maximum absolute atomic E-state index is 13.8. The van der Waals surface area contributed by atoms with E-state index in [-0.39, 0.29) is 13.2 Å². The van der Waals surface area contributed by atoms with Crippen LogP contribution in [-0.4, -0.2) is 24.0 Å². The van der Waals surface area contributed by atoms with Crippen molar-refractivity contribution in [1.29, 1.82) is 0 Å². The van der Waals surface area contributed by atoms with Gasteiger partial charge < -0.3 is 14.2 Å². The number of hydrogen-bond donors (Lipinski definition) is 1. The molecule has 0 bridgehead atoms. The first-order valence-electron chi connectivity index (χ1n) is 9.36. The van der Waals surface area contributed by atoms with Crippen LogP contribution in [0.2, 0.25) is 0 Å². The molecule has 146 valence electrons. The van der Waals surface area contributed by atoms with Crippen molar-refractivity contribution < 1.29 is 18.7 Å². The summed E-state index contributed by atoms with van der Waals surface area (Å²) in [5, 5.41) is 12.1. The molecule has 27 heavy (non-hydrogen) atoms. The minimum absolute atomic E-state index is 0.239. The van der Waals surface area contributed by atoms with Crippen LogP contribution < -0.4 is 0 Å². The largest absolute Gasteiger partial charge is 0.379 e. The predicted molar refractivity (Wildman–Crippen MR) is 110 cm³/mol. The quantitative estimate of drug-likeness (QED) is 0.430. The lowest BCUT2D eigenvalue weighted by atomic mass is 9.82. The van der Waals surface area contributed by atoms with E-state index in [9.17, 15) is 9.67 Å². The van der Waals surface area contributed by atoms with Gasteiger partial charge in [-0.05, 0) is 38.3 Å². The predicted octanol–water partition coefficient (Wildman–Crippen LogP) is 5.52. The fraction of sp³-hybridized carbons (Fsp3) is 0.364. The smallest absolute Gasteiger partial charge is 0.337 e. The van der Waals surface area contributed by atoms with E-state index in [2.05, 4.69) is 0 Å². The van der Waals surface area contributed by atoms with E-state index in [1.807, 2.05) is 79.7 Å². The van der Waals surface area contributed by atoms with Crippen molar-refractivity contribution in [3.8, 4) is 0 Å². The molecule has 0 aliphatic rings. The van der Waals surface area contributed by atoms with E-state index in [1.54, 1.807) is 13.8 Å². The Bertz CT molecular complexity index is 709. The Hall–Kier alpha value is -1.71. The van der Waals surface area contributed by atoms with Crippen molar-refractivity contribution >= 4 is 7.60 Å². The highest BCUT2D eigenvalue weighted by atomic mass is 31.2. The highest BCUT2D eigenvalue weighted by molar-refractivity contribution is 7.54. The lowest BCUT2D eigenvalue weighted by Gasteiger charge is -2.39. The zero-order chi connectivity index (χ0) is 19.8. The Kier molecular flexibility index (Phi) is 8.00. The number of allylic oxidation sites excluding steroid dienone is 2. The van der Waals surface area contributed by atoms with E-state index in [0.29, 0.717) is 17.5 Å². The first-order valence-corrected chi connectivity index (χ1v) is 11.0. The Morgan fingerprint density at radius 2 is 1.41 bits per heavy atom. The molecule has 2 rings (SSSR count). The molecule has 5 heteroatoms. The monoisotopic (exact) mass is 388 g/mol. The van der Waals surface area contributed by atoms with Crippen LogP contribution in [0.15, 0.2) is 72.8 Å². The van der Waals surface area contributed by atoms with E-state index in [0.717, 1.165) is 0 Å². The molecule has 1 unspecified atom stereocenters. The van der Waals surface area contributed by atoms with Crippen LogP contribution in [0.3, 0.4) is 0 Å². The topological polar surface area (TPSA) is 55.8 Å². The molecule has 0 aliphatic heterocycles. The van der Waals surface area contributed by atoms with Gasteiger partial charge in [0, 0.05) is 0 Å². The summed E-state index contributed by atoms with van der Waals surface area (Å²) < 4.78 is 25.1. The van der Waals surface area contributed by atoms with Gasteiger partial charge in [0.15, 0.2) is 0 Å². The zero-order valence-corrected chi connectivity index (χ0v) is 17.1. The van der Waals surface area contributed by atoms with Gasteiger partial charge in [-0.15, -0.1) is 0 Å². The third-order valence-corrected chi connectivity index (χ3v) is 7.09. The zero-order valence-electron chi connectivity index (χ0n) is 16.2. The molecule has 0 radical (unpaired) electrons. The molecule has 0 aromatic heterocycles. The van der Waals surface area contributed by atoms with E-state index in [1.165, 1.54) is 0 Å². The molecule has 2 aromatic rings. The van der Waals surface area contributed by atoms with Gasteiger partial charge in [0.25, 0.3) is 0 Å². The normalized spacial score (nSPS) is 13.8. The Morgan fingerprint density at radius 3 is 1.78 bits per heavy atom. The molecule has 0 spiro atoms. The summed E-state index contributed by atoms with van der Waals surface area (Å²) in [6.45, 7) is 5.94. The van der Waals surface area contributed by atoms with Crippen molar-refractivity contribution in [2.75, 3.05) is 13.2 Å². The fourth-order valence-corrected chi connectivity index (χ4v) is 5.60. The molecule has 0 saturated heterocycles. The molecule has 0 heterocycles. The van der Waals surface area contributed by atoms with Gasteiger partial charge in [-0.1, -0.05) is 72.8 Å². The maximum atomic E-state index is 13.8. The average molecular weight is 388 g/mol. The molecular formula is C22H29O4P. The summed E-state index contributed by atoms with van der Waals surface area (Å²) in [4.78, 5) is 0. The Morgan fingerprint density at radius 1 is 0.963 bits per heavy atom. The maximum Gasteiger partial charge on any atom is 0.337 e. The van der Waals surface area contributed by atoms with Crippen LogP contribution in [-0.2, 0) is 19.2 Å². The first-order chi connectivity index (χ1) is 13.0. The summed E-state index contributed by atoms with van der Waals surface area (Å²) in [6.07, 6.45) is 4.13. The lowest BCUT2D eigenvalue weighted by Crippen LogP contribution is -2.41. The van der Waals surface area contributed by atoms with Crippen LogP contribution in [0.5, 0.6) is 0 Å². The third-order valence-electron chi connectivity index (χ3n) is 4.50. The van der Waals surface area contributed by atoms with Crippen molar-refractivity contribution in [2.45, 2.75) is 38.5 Å². The minimum Gasteiger partial charge on any atom is -0.379 e. The molecular weight excluding hydrogens is 359 g/mol. The second kappa shape index (κ2) is 10.0. The van der Waals surface area contributed by atoms with Gasteiger partial charge in [-0.25, -0.2) is 0 Å². The van der Waals surface area contributed by atoms with E-state index < -0.39 is 18.9 Å². The van der Waals surface area contributed by atoms with Gasteiger partial charge in [-0.2, -0.15) is 0 Å². The van der Waals surface area contributed by atoms with Crippen LogP contribution >= 0.6 is 7.60 Å². The second-order valence-corrected chi connectivity index (χ2v) is 8.41. The highest BCUT2D eigenvalue weighted by Gasteiger charge is 2.51.